The molecular formula is C20H18N4O2S. The second-order valence-corrected chi connectivity index (χ2v) is 7.14. The zero-order chi connectivity index (χ0) is 18.8. The Bertz CT molecular complexity index is 1040. The number of piperazine rings is 1. The van der Waals surface area contributed by atoms with Crippen LogP contribution in [0, 0.1) is 0 Å². The van der Waals surface area contributed by atoms with Gasteiger partial charge in [0, 0.05) is 46.6 Å². The minimum atomic E-state index is -0.185. The Morgan fingerprint density at radius 2 is 2.11 bits per heavy atom. The number of hydrogen-bond donors (Lipinski definition) is 2. The van der Waals surface area contributed by atoms with E-state index in [-0.39, 0.29) is 18.4 Å². The molecule has 0 spiro atoms. The number of carbonyl (C=O) groups is 2. The third-order valence-corrected chi connectivity index (χ3v) is 5.52. The van der Waals surface area contributed by atoms with Crippen LogP contribution in [0.1, 0.15) is 5.56 Å². The van der Waals surface area contributed by atoms with Gasteiger partial charge in [0.2, 0.25) is 11.8 Å². The second kappa shape index (κ2) is 7.20. The first-order valence-corrected chi connectivity index (χ1v) is 9.46. The van der Waals surface area contributed by atoms with Gasteiger partial charge in [-0.3, -0.25) is 9.59 Å². The van der Waals surface area contributed by atoms with Crippen molar-refractivity contribution in [2.45, 2.75) is 0 Å². The van der Waals surface area contributed by atoms with Crippen LogP contribution in [0.3, 0.4) is 0 Å². The van der Waals surface area contributed by atoms with Crippen LogP contribution in [-0.2, 0) is 9.59 Å². The van der Waals surface area contributed by atoms with Crippen LogP contribution < -0.4 is 11.1 Å². The molecule has 0 atom stereocenters. The van der Waals surface area contributed by atoms with Crippen molar-refractivity contribution in [1.29, 1.82) is 0 Å². The summed E-state index contributed by atoms with van der Waals surface area (Å²) in [5.74, 6) is 0.154. The van der Waals surface area contributed by atoms with E-state index < -0.39 is 0 Å². The van der Waals surface area contributed by atoms with Crippen molar-refractivity contribution in [2.24, 2.45) is 0 Å². The average molecular weight is 378 g/mol. The molecule has 3 heterocycles. The van der Waals surface area contributed by atoms with Crippen molar-refractivity contribution < 1.29 is 9.59 Å². The van der Waals surface area contributed by atoms with Crippen molar-refractivity contribution >= 4 is 45.1 Å². The van der Waals surface area contributed by atoms with Gasteiger partial charge >= 0.3 is 0 Å². The van der Waals surface area contributed by atoms with Crippen LogP contribution in [-0.4, -0.2) is 41.3 Å². The lowest BCUT2D eigenvalue weighted by Gasteiger charge is -2.25. The van der Waals surface area contributed by atoms with Gasteiger partial charge in [-0.2, -0.15) is 0 Å². The maximum Gasteiger partial charge on any atom is 0.247 e. The van der Waals surface area contributed by atoms with Gasteiger partial charge in [0.25, 0.3) is 0 Å². The van der Waals surface area contributed by atoms with E-state index in [1.54, 1.807) is 23.6 Å². The number of thiophene rings is 1. The van der Waals surface area contributed by atoms with Crippen molar-refractivity contribution in [3.8, 4) is 11.1 Å². The van der Waals surface area contributed by atoms with E-state index in [2.05, 4.69) is 15.7 Å². The van der Waals surface area contributed by atoms with Crippen molar-refractivity contribution in [3.05, 3.63) is 53.5 Å². The molecule has 3 aromatic rings. The first-order chi connectivity index (χ1) is 13.1. The SMILES string of the molecule is Nc1ncc(C=CC(=O)N2CCNC(=O)C2)c2scc(-c3ccccc3)c12. The van der Waals surface area contributed by atoms with E-state index in [1.165, 1.54) is 11.0 Å². The molecule has 136 valence electrons. The number of anilines is 1. The second-order valence-electron chi connectivity index (χ2n) is 6.26. The highest BCUT2D eigenvalue weighted by atomic mass is 32.1. The topological polar surface area (TPSA) is 88.3 Å². The number of rotatable bonds is 3. The van der Waals surface area contributed by atoms with Gasteiger partial charge in [-0.1, -0.05) is 30.3 Å². The zero-order valence-corrected chi connectivity index (χ0v) is 15.3. The minimum Gasteiger partial charge on any atom is -0.383 e. The van der Waals surface area contributed by atoms with Crippen LogP contribution in [0.5, 0.6) is 0 Å². The lowest BCUT2D eigenvalue weighted by molar-refractivity contribution is -0.134. The van der Waals surface area contributed by atoms with E-state index in [1.807, 2.05) is 30.3 Å². The maximum atomic E-state index is 12.4. The minimum absolute atomic E-state index is 0.0930. The predicted octanol–water partition coefficient (Wildman–Crippen LogP) is 2.52. The molecule has 2 amide bonds. The summed E-state index contributed by atoms with van der Waals surface area (Å²) in [7, 11) is 0. The number of aromatic nitrogens is 1. The number of hydrogen-bond acceptors (Lipinski definition) is 5. The third kappa shape index (κ3) is 3.41. The predicted molar refractivity (Wildman–Crippen MR) is 108 cm³/mol. The monoisotopic (exact) mass is 378 g/mol. The highest BCUT2D eigenvalue weighted by Gasteiger charge is 2.19. The van der Waals surface area contributed by atoms with Crippen LogP contribution in [0.15, 0.2) is 48.0 Å². The highest BCUT2D eigenvalue weighted by molar-refractivity contribution is 7.18. The number of nitrogen functional groups attached to an aromatic ring is 1. The largest absolute Gasteiger partial charge is 0.383 e. The molecule has 7 heteroatoms. The molecule has 6 nitrogen and oxygen atoms in total. The zero-order valence-electron chi connectivity index (χ0n) is 14.5. The molecule has 4 rings (SSSR count). The van der Waals surface area contributed by atoms with Crippen molar-refractivity contribution in [2.75, 3.05) is 25.4 Å². The molecule has 1 aliphatic heterocycles. The average Bonchev–Trinajstić information content (AvgIpc) is 3.14. The molecule has 0 unspecified atom stereocenters. The van der Waals surface area contributed by atoms with E-state index >= 15 is 0 Å². The number of nitrogens with two attached hydrogens (primary N) is 1. The van der Waals surface area contributed by atoms with Crippen LogP contribution in [0.2, 0.25) is 0 Å². The number of nitrogens with zero attached hydrogens (tertiary/aromatic N) is 2. The Morgan fingerprint density at radius 3 is 2.89 bits per heavy atom. The molecule has 0 aliphatic carbocycles. The summed E-state index contributed by atoms with van der Waals surface area (Å²) in [6.45, 7) is 1.09. The summed E-state index contributed by atoms with van der Waals surface area (Å²) in [4.78, 5) is 29.7. The maximum absolute atomic E-state index is 12.4. The van der Waals surface area contributed by atoms with Crippen LogP contribution in [0.25, 0.3) is 27.3 Å². The van der Waals surface area contributed by atoms with Gasteiger partial charge < -0.3 is 16.0 Å². The molecule has 1 fully saturated rings. The summed E-state index contributed by atoms with van der Waals surface area (Å²) in [5, 5.41) is 5.67. The van der Waals surface area contributed by atoms with Gasteiger partial charge in [-0.15, -0.1) is 11.3 Å². The Hall–Kier alpha value is -3.19. The van der Waals surface area contributed by atoms with Gasteiger partial charge in [-0.25, -0.2) is 4.98 Å². The molecule has 0 radical (unpaired) electrons. The number of nitrogens with one attached hydrogen (secondary N) is 1. The number of amides is 2. The van der Waals surface area contributed by atoms with Crippen LogP contribution in [0.4, 0.5) is 5.82 Å². The fraction of sp³-hybridized carbons (Fsp3) is 0.150. The van der Waals surface area contributed by atoms with E-state index in [9.17, 15) is 9.59 Å². The first-order valence-electron chi connectivity index (χ1n) is 8.58. The van der Waals surface area contributed by atoms with E-state index in [0.717, 1.165) is 26.8 Å². The lowest BCUT2D eigenvalue weighted by atomic mass is 10.0. The molecule has 2 aromatic heterocycles. The molecule has 1 saturated heterocycles. The molecule has 27 heavy (non-hydrogen) atoms. The van der Waals surface area contributed by atoms with E-state index in [4.69, 9.17) is 5.73 Å². The van der Waals surface area contributed by atoms with Crippen molar-refractivity contribution in [3.63, 3.8) is 0 Å². The van der Waals surface area contributed by atoms with E-state index in [0.29, 0.717) is 18.9 Å². The summed E-state index contributed by atoms with van der Waals surface area (Å²) >= 11 is 1.58. The van der Waals surface area contributed by atoms with Gasteiger partial charge in [-0.05, 0) is 17.0 Å². The standard InChI is InChI=1S/C20H18N4O2S/c21-20-18-15(13-4-2-1-3-5-13)12-27-19(18)14(10-23-20)6-7-17(26)24-9-8-22-16(25)11-24/h1-7,10,12H,8-9,11H2,(H2,21,23)(H,22,25). The Labute approximate surface area is 160 Å². The Morgan fingerprint density at radius 1 is 1.30 bits per heavy atom. The molecule has 1 aromatic carbocycles. The third-order valence-electron chi connectivity index (χ3n) is 4.49. The highest BCUT2D eigenvalue weighted by Crippen LogP contribution is 2.38. The summed E-state index contributed by atoms with van der Waals surface area (Å²) in [5.41, 5.74) is 9.10. The molecule has 3 N–H and O–H groups in total. The van der Waals surface area contributed by atoms with Crippen molar-refractivity contribution in [1.82, 2.24) is 15.2 Å². The fourth-order valence-electron chi connectivity index (χ4n) is 3.13. The Balaban J connectivity index is 1.67. The quantitative estimate of drug-likeness (QED) is 0.686. The van der Waals surface area contributed by atoms with Crippen LogP contribution >= 0.6 is 11.3 Å². The molecule has 0 saturated carbocycles. The van der Waals surface area contributed by atoms with Gasteiger partial charge in [0.1, 0.15) is 5.82 Å². The smallest absolute Gasteiger partial charge is 0.247 e. The lowest BCUT2D eigenvalue weighted by Crippen LogP contribution is -2.49. The molecule has 0 bridgehead atoms. The van der Waals surface area contributed by atoms with Gasteiger partial charge in [0.15, 0.2) is 0 Å². The number of pyridine rings is 1. The summed E-state index contributed by atoms with van der Waals surface area (Å²) in [6.07, 6.45) is 4.91. The number of carbonyl (C=O) groups excluding carboxylic acids is 2. The normalized spacial score (nSPS) is 14.7. The summed E-state index contributed by atoms with van der Waals surface area (Å²) < 4.78 is 0.988. The number of fused-ring (bicyclic) bond motifs is 1. The summed E-state index contributed by atoms with van der Waals surface area (Å²) in [6, 6.07) is 10.0. The molecule has 1 aliphatic rings. The number of benzene rings is 1. The van der Waals surface area contributed by atoms with Gasteiger partial charge in [0.05, 0.1) is 6.54 Å². The molecular weight excluding hydrogens is 360 g/mol. The Kier molecular flexibility index (Phi) is 4.60. The first kappa shape index (κ1) is 17.2. The fourth-order valence-corrected chi connectivity index (χ4v) is 4.21.